The highest BCUT2D eigenvalue weighted by Gasteiger charge is 2.24. The zero-order chi connectivity index (χ0) is 10.4. The molecule has 2 aliphatic carbocycles. The van der Waals surface area contributed by atoms with Crippen LogP contribution in [0.15, 0.2) is 12.2 Å². The minimum atomic E-state index is -1.32. The fraction of sp³-hybridized carbons (Fsp3) is 0.727. The van der Waals surface area contributed by atoms with Crippen LogP contribution in [0.4, 0.5) is 0 Å². The van der Waals surface area contributed by atoms with Crippen LogP contribution in [0.2, 0.25) is 0 Å². The van der Waals surface area contributed by atoms with Crippen molar-refractivity contribution < 1.29 is 15.0 Å². The van der Waals surface area contributed by atoms with Crippen molar-refractivity contribution in [1.82, 2.24) is 0 Å². The van der Waals surface area contributed by atoms with Gasteiger partial charge in [-0.3, -0.25) is 4.79 Å². The predicted molar refractivity (Wildman–Crippen MR) is 53.6 cm³/mol. The van der Waals surface area contributed by atoms with E-state index in [9.17, 15) is 4.79 Å². The average Bonchev–Trinajstić information content (AvgIpc) is 2.56. The minimum Gasteiger partial charge on any atom is -0.366 e. The van der Waals surface area contributed by atoms with Gasteiger partial charge in [0.15, 0.2) is 11.6 Å². The summed E-state index contributed by atoms with van der Waals surface area (Å²) in [7, 11) is 0. The topological polar surface area (TPSA) is 57.5 Å². The van der Waals surface area contributed by atoms with Crippen LogP contribution in [0.5, 0.6) is 0 Å². The number of carbonyl (C=O) groups excluding carboxylic acids is 1. The van der Waals surface area contributed by atoms with Gasteiger partial charge in [-0.05, 0) is 25.3 Å². The molecular weight excluding hydrogens is 180 g/mol. The molecule has 0 aromatic heterocycles. The Morgan fingerprint density at radius 1 is 1.14 bits per heavy atom. The third-order valence-electron chi connectivity index (χ3n) is 2.52. The third-order valence-corrected chi connectivity index (χ3v) is 2.52. The SMILES string of the molecule is O=C1C=CCC1.OC1(O)CCCCC1. The molecule has 0 spiro atoms. The van der Waals surface area contributed by atoms with E-state index in [1.54, 1.807) is 6.08 Å². The maximum absolute atomic E-state index is 10.2. The second kappa shape index (κ2) is 5.27. The minimum absolute atomic E-state index is 0.273. The Labute approximate surface area is 84.4 Å². The Morgan fingerprint density at radius 3 is 2.00 bits per heavy atom. The third kappa shape index (κ3) is 4.53. The van der Waals surface area contributed by atoms with Crippen LogP contribution in [0.1, 0.15) is 44.9 Å². The molecule has 2 rings (SSSR count). The van der Waals surface area contributed by atoms with Crippen LogP contribution in [-0.4, -0.2) is 21.8 Å². The number of hydrogen-bond donors (Lipinski definition) is 2. The van der Waals surface area contributed by atoms with Crippen LogP contribution < -0.4 is 0 Å². The van der Waals surface area contributed by atoms with E-state index in [2.05, 4.69) is 0 Å². The lowest BCUT2D eigenvalue weighted by molar-refractivity contribution is -0.180. The molecule has 0 amide bonds. The molecule has 0 heterocycles. The van der Waals surface area contributed by atoms with Crippen LogP contribution in [-0.2, 0) is 4.79 Å². The smallest absolute Gasteiger partial charge is 0.162 e. The molecule has 1 saturated carbocycles. The molecule has 3 heteroatoms. The summed E-state index contributed by atoms with van der Waals surface area (Å²) in [4.78, 5) is 10.2. The van der Waals surface area contributed by atoms with Gasteiger partial charge >= 0.3 is 0 Å². The summed E-state index contributed by atoms with van der Waals surface area (Å²) in [5.41, 5.74) is 0. The summed E-state index contributed by atoms with van der Waals surface area (Å²) in [6, 6.07) is 0. The van der Waals surface area contributed by atoms with Crippen molar-refractivity contribution >= 4 is 5.78 Å². The molecule has 0 radical (unpaired) electrons. The fourth-order valence-electron chi connectivity index (χ4n) is 1.64. The second-order valence-corrected chi connectivity index (χ2v) is 3.95. The number of ketones is 1. The number of carbonyl (C=O) groups is 1. The van der Waals surface area contributed by atoms with Gasteiger partial charge in [-0.2, -0.15) is 0 Å². The first-order valence-corrected chi connectivity index (χ1v) is 5.24. The highest BCUT2D eigenvalue weighted by Crippen LogP contribution is 2.24. The zero-order valence-corrected chi connectivity index (χ0v) is 8.41. The van der Waals surface area contributed by atoms with Crippen LogP contribution >= 0.6 is 0 Å². The van der Waals surface area contributed by atoms with Gasteiger partial charge in [0.05, 0.1) is 0 Å². The summed E-state index contributed by atoms with van der Waals surface area (Å²) in [5.74, 6) is -1.05. The van der Waals surface area contributed by atoms with Crippen LogP contribution in [0.25, 0.3) is 0 Å². The summed E-state index contributed by atoms with van der Waals surface area (Å²) < 4.78 is 0. The molecule has 2 aliphatic rings. The van der Waals surface area contributed by atoms with Crippen molar-refractivity contribution in [3.05, 3.63) is 12.2 Å². The van der Waals surface area contributed by atoms with E-state index in [-0.39, 0.29) is 5.78 Å². The Hall–Kier alpha value is -0.670. The van der Waals surface area contributed by atoms with Crippen molar-refractivity contribution in [2.45, 2.75) is 50.7 Å². The summed E-state index contributed by atoms with van der Waals surface area (Å²) in [5, 5.41) is 17.9. The number of aliphatic hydroxyl groups is 2. The molecule has 0 bridgehead atoms. The lowest BCUT2D eigenvalue weighted by atomic mass is 9.95. The normalized spacial score (nSPS) is 24.3. The molecule has 0 saturated heterocycles. The summed E-state index contributed by atoms with van der Waals surface area (Å²) in [6.07, 6.45) is 9.45. The van der Waals surface area contributed by atoms with Crippen molar-refractivity contribution in [2.75, 3.05) is 0 Å². The van der Waals surface area contributed by atoms with E-state index in [1.807, 2.05) is 6.08 Å². The van der Waals surface area contributed by atoms with Gasteiger partial charge in [0.25, 0.3) is 0 Å². The number of hydrogen-bond acceptors (Lipinski definition) is 3. The van der Waals surface area contributed by atoms with E-state index in [0.29, 0.717) is 12.8 Å². The van der Waals surface area contributed by atoms with E-state index < -0.39 is 5.79 Å². The first-order valence-electron chi connectivity index (χ1n) is 5.24. The van der Waals surface area contributed by atoms with Gasteiger partial charge in [-0.15, -0.1) is 0 Å². The quantitative estimate of drug-likeness (QED) is 0.580. The van der Waals surface area contributed by atoms with Gasteiger partial charge in [0, 0.05) is 19.3 Å². The lowest BCUT2D eigenvalue weighted by Crippen LogP contribution is -2.30. The maximum atomic E-state index is 10.2. The largest absolute Gasteiger partial charge is 0.366 e. The highest BCUT2D eigenvalue weighted by molar-refractivity contribution is 5.91. The van der Waals surface area contributed by atoms with Gasteiger partial charge in [0.1, 0.15) is 0 Å². The molecule has 0 unspecified atom stereocenters. The Bertz CT molecular complexity index is 211. The van der Waals surface area contributed by atoms with E-state index in [1.165, 1.54) is 0 Å². The molecule has 80 valence electrons. The molecule has 0 atom stereocenters. The molecule has 0 aliphatic heterocycles. The van der Waals surface area contributed by atoms with Gasteiger partial charge < -0.3 is 10.2 Å². The zero-order valence-electron chi connectivity index (χ0n) is 8.41. The number of rotatable bonds is 0. The standard InChI is InChI=1S/C6H12O2.C5H6O/c7-6(8)4-2-1-3-5-6;6-5-3-1-2-4-5/h7-8H,1-5H2;1,3H,2,4H2. The van der Waals surface area contributed by atoms with Crippen LogP contribution in [0.3, 0.4) is 0 Å². The van der Waals surface area contributed by atoms with Crippen LogP contribution in [0, 0.1) is 0 Å². The average molecular weight is 198 g/mol. The molecule has 0 aromatic carbocycles. The molecule has 0 aromatic rings. The van der Waals surface area contributed by atoms with E-state index in [0.717, 1.165) is 32.1 Å². The van der Waals surface area contributed by atoms with Gasteiger partial charge in [-0.1, -0.05) is 12.5 Å². The molecular formula is C11H18O3. The van der Waals surface area contributed by atoms with Crippen molar-refractivity contribution in [3.63, 3.8) is 0 Å². The highest BCUT2D eigenvalue weighted by atomic mass is 16.5. The predicted octanol–water partition coefficient (Wildman–Crippen LogP) is 1.54. The van der Waals surface area contributed by atoms with Gasteiger partial charge in [-0.25, -0.2) is 0 Å². The first kappa shape index (κ1) is 11.4. The Balaban J connectivity index is 0.000000146. The summed E-state index contributed by atoms with van der Waals surface area (Å²) in [6.45, 7) is 0. The number of allylic oxidation sites excluding steroid dienone is 2. The first-order chi connectivity index (χ1) is 6.60. The maximum Gasteiger partial charge on any atom is 0.162 e. The van der Waals surface area contributed by atoms with Gasteiger partial charge in [0.2, 0.25) is 0 Å². The molecule has 2 N–H and O–H groups in total. The lowest BCUT2D eigenvalue weighted by Gasteiger charge is -2.25. The van der Waals surface area contributed by atoms with E-state index >= 15 is 0 Å². The summed E-state index contributed by atoms with van der Waals surface area (Å²) >= 11 is 0. The molecule has 3 nitrogen and oxygen atoms in total. The van der Waals surface area contributed by atoms with E-state index in [4.69, 9.17) is 10.2 Å². The second-order valence-electron chi connectivity index (χ2n) is 3.95. The Kier molecular flexibility index (Phi) is 4.29. The van der Waals surface area contributed by atoms with Crippen molar-refractivity contribution in [2.24, 2.45) is 0 Å². The van der Waals surface area contributed by atoms with Crippen molar-refractivity contribution in [1.29, 1.82) is 0 Å². The molecule has 14 heavy (non-hydrogen) atoms. The Morgan fingerprint density at radius 2 is 1.79 bits per heavy atom. The fourth-order valence-corrected chi connectivity index (χ4v) is 1.64. The molecule has 1 fully saturated rings. The monoisotopic (exact) mass is 198 g/mol. The van der Waals surface area contributed by atoms with Crippen molar-refractivity contribution in [3.8, 4) is 0 Å².